The van der Waals surface area contributed by atoms with Crippen LogP contribution in [-0.4, -0.2) is 53.9 Å². The molecule has 0 unspecified atom stereocenters. The van der Waals surface area contributed by atoms with Gasteiger partial charge in [0.05, 0.1) is 25.4 Å². The summed E-state index contributed by atoms with van der Waals surface area (Å²) < 4.78 is 0.830. The number of rotatable bonds is 7. The summed E-state index contributed by atoms with van der Waals surface area (Å²) in [6.45, 7) is 2.76. The van der Waals surface area contributed by atoms with E-state index in [4.69, 9.17) is 10.2 Å². The molecule has 1 aromatic rings. The molecular weight excluding hydrogens is 312 g/mol. The first-order chi connectivity index (χ1) is 9.06. The lowest BCUT2D eigenvalue weighted by molar-refractivity contribution is -0.117. The second-order valence-electron chi connectivity index (χ2n) is 4.25. The van der Waals surface area contributed by atoms with Gasteiger partial charge < -0.3 is 15.5 Å². The van der Waals surface area contributed by atoms with Crippen molar-refractivity contribution in [1.29, 1.82) is 0 Å². The maximum Gasteiger partial charge on any atom is 0.238 e. The van der Waals surface area contributed by atoms with E-state index in [1.165, 1.54) is 0 Å². The molecule has 0 aliphatic rings. The largest absolute Gasteiger partial charge is 0.395 e. The monoisotopic (exact) mass is 330 g/mol. The van der Waals surface area contributed by atoms with Gasteiger partial charge in [-0.1, -0.05) is 6.07 Å². The van der Waals surface area contributed by atoms with E-state index in [1.807, 2.05) is 25.1 Å². The molecule has 1 amide bonds. The average Bonchev–Trinajstić information content (AvgIpc) is 2.33. The zero-order valence-corrected chi connectivity index (χ0v) is 12.5. The maximum absolute atomic E-state index is 11.9. The SMILES string of the molecule is Cc1ccc(NC(=O)CN(CCO)CCO)c(Br)c1. The first kappa shape index (κ1) is 16.1. The topological polar surface area (TPSA) is 72.8 Å². The summed E-state index contributed by atoms with van der Waals surface area (Å²) in [5.41, 5.74) is 1.82. The van der Waals surface area contributed by atoms with Crippen molar-refractivity contribution in [3.05, 3.63) is 28.2 Å². The molecule has 106 valence electrons. The summed E-state index contributed by atoms with van der Waals surface area (Å²) in [7, 11) is 0. The molecule has 0 heterocycles. The summed E-state index contributed by atoms with van der Waals surface area (Å²) in [6, 6.07) is 5.67. The highest BCUT2D eigenvalue weighted by atomic mass is 79.9. The van der Waals surface area contributed by atoms with Gasteiger partial charge in [0.2, 0.25) is 5.91 Å². The second kappa shape index (κ2) is 8.27. The van der Waals surface area contributed by atoms with Crippen LogP contribution < -0.4 is 5.32 Å². The van der Waals surface area contributed by atoms with Crippen LogP contribution in [0.2, 0.25) is 0 Å². The molecule has 0 saturated carbocycles. The maximum atomic E-state index is 11.9. The minimum Gasteiger partial charge on any atom is -0.395 e. The lowest BCUT2D eigenvalue weighted by atomic mass is 10.2. The number of halogens is 1. The molecule has 5 nitrogen and oxygen atoms in total. The molecule has 0 bridgehead atoms. The zero-order chi connectivity index (χ0) is 14.3. The summed E-state index contributed by atoms with van der Waals surface area (Å²) >= 11 is 3.39. The van der Waals surface area contributed by atoms with Gasteiger partial charge in [-0.2, -0.15) is 0 Å². The third-order valence-corrected chi connectivity index (χ3v) is 3.25. The zero-order valence-electron chi connectivity index (χ0n) is 10.9. The molecule has 3 N–H and O–H groups in total. The fraction of sp³-hybridized carbons (Fsp3) is 0.462. The molecule has 1 aromatic carbocycles. The van der Waals surface area contributed by atoms with E-state index >= 15 is 0 Å². The van der Waals surface area contributed by atoms with Crippen LogP contribution in [0.4, 0.5) is 5.69 Å². The van der Waals surface area contributed by atoms with E-state index in [0.29, 0.717) is 18.8 Å². The molecule has 6 heteroatoms. The van der Waals surface area contributed by atoms with Gasteiger partial charge in [-0.15, -0.1) is 0 Å². The Labute approximate surface area is 121 Å². The number of nitrogens with zero attached hydrogens (tertiary/aromatic N) is 1. The molecule has 0 fully saturated rings. The fourth-order valence-corrected chi connectivity index (χ4v) is 2.26. The standard InChI is InChI=1S/C13H19BrN2O3/c1-10-2-3-12(11(14)8-10)15-13(19)9-16(4-6-17)5-7-18/h2-3,8,17-18H,4-7,9H2,1H3,(H,15,19). The molecule has 19 heavy (non-hydrogen) atoms. The van der Waals surface area contributed by atoms with Crippen LogP contribution in [0, 0.1) is 6.92 Å². The smallest absolute Gasteiger partial charge is 0.238 e. The summed E-state index contributed by atoms with van der Waals surface area (Å²) in [6.07, 6.45) is 0. The van der Waals surface area contributed by atoms with Gasteiger partial charge in [0.15, 0.2) is 0 Å². The van der Waals surface area contributed by atoms with Crippen LogP contribution >= 0.6 is 15.9 Å². The molecule has 0 radical (unpaired) electrons. The Kier molecular flexibility index (Phi) is 7.01. The van der Waals surface area contributed by atoms with Crippen LogP contribution in [0.1, 0.15) is 5.56 Å². The van der Waals surface area contributed by atoms with Crippen molar-refractivity contribution in [3.63, 3.8) is 0 Å². The van der Waals surface area contributed by atoms with E-state index in [9.17, 15) is 4.79 Å². The van der Waals surface area contributed by atoms with Gasteiger partial charge in [0.1, 0.15) is 0 Å². The summed E-state index contributed by atoms with van der Waals surface area (Å²) in [4.78, 5) is 13.6. The number of nitrogens with one attached hydrogen (secondary N) is 1. The van der Waals surface area contributed by atoms with Crippen molar-refractivity contribution in [2.75, 3.05) is 38.2 Å². The van der Waals surface area contributed by atoms with Crippen molar-refractivity contribution in [1.82, 2.24) is 4.90 Å². The van der Waals surface area contributed by atoms with Crippen LogP contribution in [0.3, 0.4) is 0 Å². The molecule has 0 spiro atoms. The van der Waals surface area contributed by atoms with Gasteiger partial charge in [0, 0.05) is 17.6 Å². The lowest BCUT2D eigenvalue weighted by Crippen LogP contribution is -2.37. The highest BCUT2D eigenvalue weighted by molar-refractivity contribution is 9.10. The quantitative estimate of drug-likeness (QED) is 0.697. The molecule has 0 aromatic heterocycles. The van der Waals surface area contributed by atoms with E-state index in [1.54, 1.807) is 4.90 Å². The second-order valence-corrected chi connectivity index (χ2v) is 5.11. The predicted molar refractivity (Wildman–Crippen MR) is 78.1 cm³/mol. The molecule has 0 saturated heterocycles. The molecule has 0 aliphatic heterocycles. The number of hydrogen-bond acceptors (Lipinski definition) is 4. The minimum absolute atomic E-state index is 0.0402. The van der Waals surface area contributed by atoms with E-state index in [2.05, 4.69) is 21.2 Å². The average molecular weight is 331 g/mol. The van der Waals surface area contributed by atoms with Gasteiger partial charge in [0.25, 0.3) is 0 Å². The normalized spacial score (nSPS) is 10.8. The first-order valence-corrected chi connectivity index (χ1v) is 6.86. The minimum atomic E-state index is -0.175. The Morgan fingerprint density at radius 3 is 2.47 bits per heavy atom. The summed E-state index contributed by atoms with van der Waals surface area (Å²) in [5, 5.41) is 20.6. The van der Waals surface area contributed by atoms with Crippen molar-refractivity contribution in [2.45, 2.75) is 6.92 Å². The number of carbonyl (C=O) groups excluding carboxylic acids is 1. The van der Waals surface area contributed by atoms with Crippen molar-refractivity contribution in [2.24, 2.45) is 0 Å². The van der Waals surface area contributed by atoms with Crippen molar-refractivity contribution >= 4 is 27.5 Å². The Hall–Kier alpha value is -0.950. The third-order valence-electron chi connectivity index (χ3n) is 2.60. The predicted octanol–water partition coefficient (Wildman–Crippen LogP) is 0.983. The molecular formula is C13H19BrN2O3. The number of aryl methyl sites for hydroxylation is 1. The van der Waals surface area contributed by atoms with Gasteiger partial charge in [-0.25, -0.2) is 0 Å². The van der Waals surface area contributed by atoms with E-state index in [-0.39, 0.29) is 25.7 Å². The number of amides is 1. The number of benzene rings is 1. The highest BCUT2D eigenvalue weighted by Gasteiger charge is 2.11. The Bertz CT molecular complexity index is 420. The van der Waals surface area contributed by atoms with Crippen LogP contribution in [0.25, 0.3) is 0 Å². The first-order valence-electron chi connectivity index (χ1n) is 6.07. The molecule has 1 rings (SSSR count). The molecule has 0 atom stereocenters. The highest BCUT2D eigenvalue weighted by Crippen LogP contribution is 2.23. The fourth-order valence-electron chi connectivity index (χ4n) is 1.67. The summed E-state index contributed by atoms with van der Waals surface area (Å²) in [5.74, 6) is -0.175. The van der Waals surface area contributed by atoms with Gasteiger partial charge in [-0.3, -0.25) is 9.69 Å². The van der Waals surface area contributed by atoms with Crippen LogP contribution in [0.5, 0.6) is 0 Å². The van der Waals surface area contributed by atoms with Crippen LogP contribution in [0.15, 0.2) is 22.7 Å². The Balaban J connectivity index is 2.58. The number of anilines is 1. The van der Waals surface area contributed by atoms with E-state index < -0.39 is 0 Å². The van der Waals surface area contributed by atoms with Crippen LogP contribution in [-0.2, 0) is 4.79 Å². The number of aliphatic hydroxyl groups is 2. The number of carbonyl (C=O) groups is 1. The van der Waals surface area contributed by atoms with Gasteiger partial charge >= 0.3 is 0 Å². The Morgan fingerprint density at radius 2 is 1.95 bits per heavy atom. The molecule has 0 aliphatic carbocycles. The number of aliphatic hydroxyl groups excluding tert-OH is 2. The third kappa shape index (κ3) is 5.69. The van der Waals surface area contributed by atoms with Crippen molar-refractivity contribution in [3.8, 4) is 0 Å². The van der Waals surface area contributed by atoms with E-state index in [0.717, 1.165) is 10.0 Å². The Morgan fingerprint density at radius 1 is 1.32 bits per heavy atom. The lowest BCUT2D eigenvalue weighted by Gasteiger charge is -2.19. The number of hydrogen-bond donors (Lipinski definition) is 3. The van der Waals surface area contributed by atoms with Crippen molar-refractivity contribution < 1.29 is 15.0 Å². The van der Waals surface area contributed by atoms with Gasteiger partial charge in [-0.05, 0) is 40.5 Å².